The number of nitrogens with zero attached hydrogens (tertiary/aromatic N) is 4. The lowest BCUT2D eigenvalue weighted by atomic mass is 10.1. The Labute approximate surface area is 95.3 Å². The van der Waals surface area contributed by atoms with Crippen LogP contribution in [0, 0.1) is 0 Å². The van der Waals surface area contributed by atoms with E-state index in [4.69, 9.17) is 0 Å². The van der Waals surface area contributed by atoms with Gasteiger partial charge in [-0.2, -0.15) is 0 Å². The topological polar surface area (TPSA) is 43.6 Å². The molecule has 4 heteroatoms. The third-order valence-corrected chi connectivity index (χ3v) is 2.49. The van der Waals surface area contributed by atoms with E-state index in [2.05, 4.69) is 36.1 Å². The highest BCUT2D eigenvalue weighted by Crippen LogP contribution is 2.13. The second kappa shape index (κ2) is 4.43. The summed E-state index contributed by atoms with van der Waals surface area (Å²) in [4.78, 5) is 4.55. The molecule has 0 aromatic carbocycles. The van der Waals surface area contributed by atoms with Crippen molar-refractivity contribution in [1.82, 2.24) is 20.0 Å². The van der Waals surface area contributed by atoms with Gasteiger partial charge < -0.3 is 0 Å². The highest BCUT2D eigenvalue weighted by molar-refractivity contribution is 5.24. The van der Waals surface area contributed by atoms with E-state index < -0.39 is 0 Å². The number of hydrogen-bond donors (Lipinski definition) is 0. The molecule has 2 aromatic heterocycles. The Kier molecular flexibility index (Phi) is 2.99. The fourth-order valence-corrected chi connectivity index (χ4v) is 1.46. The van der Waals surface area contributed by atoms with Gasteiger partial charge in [0, 0.05) is 5.69 Å². The van der Waals surface area contributed by atoms with E-state index in [-0.39, 0.29) is 0 Å². The maximum Gasteiger partial charge on any atom is 0.155 e. The molecule has 0 aliphatic rings. The molecule has 2 heterocycles. The van der Waals surface area contributed by atoms with E-state index >= 15 is 0 Å². The maximum absolute atomic E-state index is 4.55. The Balaban J connectivity index is 2.36. The van der Waals surface area contributed by atoms with Gasteiger partial charge in [0.1, 0.15) is 0 Å². The second-order valence-corrected chi connectivity index (χ2v) is 4.08. The van der Waals surface area contributed by atoms with Gasteiger partial charge in [0.2, 0.25) is 0 Å². The van der Waals surface area contributed by atoms with Crippen LogP contribution in [0.4, 0.5) is 0 Å². The molecule has 0 N–H and O–H groups in total. The second-order valence-electron chi connectivity index (χ2n) is 4.08. The van der Waals surface area contributed by atoms with Crippen molar-refractivity contribution in [1.29, 1.82) is 0 Å². The molecular weight excluding hydrogens is 200 g/mol. The van der Waals surface area contributed by atoms with Crippen molar-refractivity contribution >= 4 is 0 Å². The molecule has 0 fully saturated rings. The highest BCUT2D eigenvalue weighted by Gasteiger charge is 2.05. The van der Waals surface area contributed by atoms with E-state index in [0.717, 1.165) is 23.6 Å². The molecule has 2 aromatic rings. The fraction of sp³-hybridized carbons (Fsp3) is 0.417. The van der Waals surface area contributed by atoms with Crippen LogP contribution in [-0.4, -0.2) is 20.0 Å². The first-order chi connectivity index (χ1) is 7.70. The van der Waals surface area contributed by atoms with Gasteiger partial charge in [-0.25, -0.2) is 9.67 Å². The SMILES string of the molecule is CCc1cn(-c2cccc(C(C)C)n2)nn1. The van der Waals surface area contributed by atoms with E-state index in [1.54, 1.807) is 4.68 Å². The van der Waals surface area contributed by atoms with Gasteiger partial charge in [-0.1, -0.05) is 32.1 Å². The Bertz CT molecular complexity index is 473. The summed E-state index contributed by atoms with van der Waals surface area (Å²) >= 11 is 0. The molecular formula is C12H16N4. The van der Waals surface area contributed by atoms with Gasteiger partial charge >= 0.3 is 0 Å². The third-order valence-electron chi connectivity index (χ3n) is 2.49. The molecule has 0 aliphatic heterocycles. The van der Waals surface area contributed by atoms with Crippen LogP contribution in [0.2, 0.25) is 0 Å². The Morgan fingerprint density at radius 1 is 1.31 bits per heavy atom. The molecule has 0 radical (unpaired) electrons. The Morgan fingerprint density at radius 2 is 2.12 bits per heavy atom. The van der Waals surface area contributed by atoms with Crippen molar-refractivity contribution in [2.75, 3.05) is 0 Å². The summed E-state index contributed by atoms with van der Waals surface area (Å²) in [5.74, 6) is 1.26. The minimum absolute atomic E-state index is 0.425. The first kappa shape index (κ1) is 10.8. The number of hydrogen-bond acceptors (Lipinski definition) is 3. The van der Waals surface area contributed by atoms with Gasteiger partial charge in [-0.3, -0.25) is 0 Å². The van der Waals surface area contributed by atoms with Crippen LogP contribution in [0.3, 0.4) is 0 Å². The normalized spacial score (nSPS) is 11.0. The van der Waals surface area contributed by atoms with Crippen molar-refractivity contribution in [2.24, 2.45) is 0 Å². The summed E-state index contributed by atoms with van der Waals surface area (Å²) in [5, 5.41) is 8.12. The third kappa shape index (κ3) is 2.10. The van der Waals surface area contributed by atoms with Crippen LogP contribution in [0.15, 0.2) is 24.4 Å². The molecule has 0 amide bonds. The average Bonchev–Trinajstić information content (AvgIpc) is 2.77. The Morgan fingerprint density at radius 3 is 2.75 bits per heavy atom. The monoisotopic (exact) mass is 216 g/mol. The van der Waals surface area contributed by atoms with E-state index in [1.165, 1.54) is 0 Å². The molecule has 0 atom stereocenters. The lowest BCUT2D eigenvalue weighted by Gasteiger charge is -2.05. The quantitative estimate of drug-likeness (QED) is 0.791. The zero-order valence-electron chi connectivity index (χ0n) is 9.88. The molecule has 16 heavy (non-hydrogen) atoms. The number of aromatic nitrogens is 4. The summed E-state index contributed by atoms with van der Waals surface area (Å²) in [6.45, 7) is 6.32. The predicted molar refractivity (Wildman–Crippen MR) is 62.6 cm³/mol. The van der Waals surface area contributed by atoms with Crippen molar-refractivity contribution < 1.29 is 0 Å². The number of pyridine rings is 1. The van der Waals surface area contributed by atoms with Crippen LogP contribution >= 0.6 is 0 Å². The smallest absolute Gasteiger partial charge is 0.155 e. The summed E-state index contributed by atoms with van der Waals surface area (Å²) in [6.07, 6.45) is 2.82. The first-order valence-corrected chi connectivity index (χ1v) is 5.59. The molecule has 0 saturated carbocycles. The molecule has 0 bridgehead atoms. The summed E-state index contributed by atoms with van der Waals surface area (Å²) in [6, 6.07) is 5.98. The predicted octanol–water partition coefficient (Wildman–Crippen LogP) is 2.35. The van der Waals surface area contributed by atoms with Gasteiger partial charge in [0.25, 0.3) is 0 Å². The minimum Gasteiger partial charge on any atom is -0.233 e. The van der Waals surface area contributed by atoms with Crippen molar-refractivity contribution in [3.05, 3.63) is 35.8 Å². The molecule has 84 valence electrons. The summed E-state index contributed by atoms with van der Waals surface area (Å²) < 4.78 is 1.73. The van der Waals surface area contributed by atoms with Crippen LogP contribution < -0.4 is 0 Å². The number of rotatable bonds is 3. The number of aryl methyl sites for hydroxylation is 1. The standard InChI is InChI=1S/C12H16N4/c1-4-10-8-16(15-14-10)12-7-5-6-11(13-12)9(2)3/h5-9H,4H2,1-3H3. The minimum atomic E-state index is 0.425. The van der Waals surface area contributed by atoms with Crippen molar-refractivity contribution in [2.45, 2.75) is 33.1 Å². The lowest BCUT2D eigenvalue weighted by molar-refractivity contribution is 0.752. The van der Waals surface area contributed by atoms with Crippen molar-refractivity contribution in [3.63, 3.8) is 0 Å². The molecule has 0 unspecified atom stereocenters. The van der Waals surface area contributed by atoms with Crippen LogP contribution in [0.5, 0.6) is 0 Å². The van der Waals surface area contributed by atoms with Gasteiger partial charge in [-0.15, -0.1) is 5.10 Å². The van der Waals surface area contributed by atoms with Crippen molar-refractivity contribution in [3.8, 4) is 5.82 Å². The average molecular weight is 216 g/mol. The van der Waals surface area contributed by atoms with E-state index in [9.17, 15) is 0 Å². The first-order valence-electron chi connectivity index (χ1n) is 5.59. The molecule has 0 spiro atoms. The van der Waals surface area contributed by atoms with Gasteiger partial charge in [0.15, 0.2) is 5.82 Å². The summed E-state index contributed by atoms with van der Waals surface area (Å²) in [5.41, 5.74) is 2.06. The molecule has 2 rings (SSSR count). The van der Waals surface area contributed by atoms with E-state index in [0.29, 0.717) is 5.92 Å². The van der Waals surface area contributed by atoms with E-state index in [1.807, 2.05) is 24.4 Å². The lowest BCUT2D eigenvalue weighted by Crippen LogP contribution is -2.01. The maximum atomic E-state index is 4.55. The van der Waals surface area contributed by atoms with Crippen LogP contribution in [-0.2, 0) is 6.42 Å². The zero-order valence-corrected chi connectivity index (χ0v) is 9.88. The fourth-order valence-electron chi connectivity index (χ4n) is 1.46. The molecule has 0 aliphatic carbocycles. The van der Waals surface area contributed by atoms with Gasteiger partial charge in [0.05, 0.1) is 11.9 Å². The highest BCUT2D eigenvalue weighted by atomic mass is 15.4. The largest absolute Gasteiger partial charge is 0.233 e. The van der Waals surface area contributed by atoms with Crippen LogP contribution in [0.1, 0.15) is 38.1 Å². The summed E-state index contributed by atoms with van der Waals surface area (Å²) in [7, 11) is 0. The van der Waals surface area contributed by atoms with Gasteiger partial charge in [-0.05, 0) is 24.5 Å². The Hall–Kier alpha value is -1.71. The zero-order chi connectivity index (χ0) is 11.5. The molecule has 4 nitrogen and oxygen atoms in total. The van der Waals surface area contributed by atoms with Crippen LogP contribution in [0.25, 0.3) is 5.82 Å². The molecule has 0 saturated heterocycles.